The molecule has 0 saturated heterocycles. The number of anilines is 1. The van der Waals surface area contributed by atoms with E-state index in [4.69, 9.17) is 0 Å². The molecule has 1 amide bonds. The van der Waals surface area contributed by atoms with E-state index in [0.29, 0.717) is 12.1 Å². The third-order valence-corrected chi connectivity index (χ3v) is 5.47. The molecule has 0 saturated carbocycles. The summed E-state index contributed by atoms with van der Waals surface area (Å²) in [6.07, 6.45) is 5.60. The molecule has 0 fully saturated rings. The summed E-state index contributed by atoms with van der Waals surface area (Å²) in [5.74, 6) is -0.00893. The number of H-pyrrole nitrogens is 1. The quantitative estimate of drug-likeness (QED) is 0.408. The summed E-state index contributed by atoms with van der Waals surface area (Å²) >= 11 is 0. The zero-order valence-corrected chi connectivity index (χ0v) is 18.2. The Hall–Kier alpha value is -4.39. The Morgan fingerprint density at radius 3 is 2.45 bits per heavy atom. The van der Waals surface area contributed by atoms with Crippen molar-refractivity contribution in [3.05, 3.63) is 72.7 Å². The number of ketones is 1. The van der Waals surface area contributed by atoms with Gasteiger partial charge in [-0.15, -0.1) is 0 Å². The number of nitrogens with one attached hydrogen (secondary N) is 2. The molecular weight excluding hydrogens is 414 g/mol. The van der Waals surface area contributed by atoms with Gasteiger partial charge in [0, 0.05) is 41.4 Å². The van der Waals surface area contributed by atoms with Crippen LogP contribution in [0.1, 0.15) is 19.4 Å². The number of carbonyl (C=O) groups is 2. The van der Waals surface area contributed by atoms with E-state index < -0.39 is 0 Å². The first kappa shape index (κ1) is 20.5. The average molecular weight is 435 g/mol. The molecule has 7 heteroatoms. The van der Waals surface area contributed by atoms with Crippen LogP contribution in [0.4, 0.5) is 5.69 Å². The second kappa shape index (κ2) is 8.27. The Balaban J connectivity index is 1.63. The Bertz CT molecular complexity index is 1520. The number of hydrogen-bond acceptors (Lipinski definition) is 5. The fraction of sp³-hybridized carbons (Fsp3) is 0.115. The lowest BCUT2D eigenvalue weighted by Gasteiger charge is -2.08. The average Bonchev–Trinajstić information content (AvgIpc) is 3.23. The van der Waals surface area contributed by atoms with Crippen LogP contribution in [0.2, 0.25) is 0 Å². The summed E-state index contributed by atoms with van der Waals surface area (Å²) in [5, 5.41) is 12.4. The minimum absolute atomic E-state index is 0.134. The molecule has 0 radical (unpaired) electrons. The van der Waals surface area contributed by atoms with Gasteiger partial charge >= 0.3 is 0 Å². The molecule has 0 bridgehead atoms. The van der Waals surface area contributed by atoms with Gasteiger partial charge in [-0.1, -0.05) is 30.3 Å². The van der Waals surface area contributed by atoms with Crippen LogP contribution in [0, 0.1) is 0 Å². The number of aromatic amines is 1. The van der Waals surface area contributed by atoms with Crippen LogP contribution in [0.5, 0.6) is 0 Å². The lowest BCUT2D eigenvalue weighted by molar-refractivity contribution is -0.116. The third-order valence-electron chi connectivity index (χ3n) is 5.47. The highest BCUT2D eigenvalue weighted by atomic mass is 16.1. The maximum atomic E-state index is 11.4. The Morgan fingerprint density at radius 1 is 0.909 bits per heavy atom. The lowest BCUT2D eigenvalue weighted by atomic mass is 9.99. The molecule has 2 N–H and O–H groups in total. The molecule has 0 aliphatic rings. The number of nitrogens with zero attached hydrogens (tertiary/aromatic N) is 3. The molecular formula is C26H21N5O2. The highest BCUT2D eigenvalue weighted by Crippen LogP contribution is 2.34. The first-order chi connectivity index (χ1) is 16.0. The van der Waals surface area contributed by atoms with Crippen molar-refractivity contribution in [3.8, 4) is 22.4 Å². The first-order valence-corrected chi connectivity index (χ1v) is 10.6. The third kappa shape index (κ3) is 4.08. The van der Waals surface area contributed by atoms with Gasteiger partial charge in [0.15, 0.2) is 0 Å². The summed E-state index contributed by atoms with van der Waals surface area (Å²) in [6.45, 7) is 3.06. The van der Waals surface area contributed by atoms with Gasteiger partial charge in [0.2, 0.25) is 5.91 Å². The molecule has 0 unspecified atom stereocenters. The Labute approximate surface area is 189 Å². The van der Waals surface area contributed by atoms with Gasteiger partial charge in [0.05, 0.1) is 29.1 Å². The van der Waals surface area contributed by atoms with E-state index in [-0.39, 0.29) is 11.7 Å². The lowest BCUT2D eigenvalue weighted by Crippen LogP contribution is -2.05. The van der Waals surface area contributed by atoms with E-state index in [1.54, 1.807) is 25.5 Å². The molecule has 162 valence electrons. The SMILES string of the molecule is CC(=O)Cc1ccc(-c2n[nH]c3cnc4ccc(-c5cncc(NC(C)=O)c5)cc4c23)cc1. The van der Waals surface area contributed by atoms with Crippen molar-refractivity contribution >= 4 is 39.2 Å². The van der Waals surface area contributed by atoms with Crippen molar-refractivity contribution in [3.63, 3.8) is 0 Å². The predicted octanol–water partition coefficient (Wildman–Crippen LogP) is 4.93. The molecule has 33 heavy (non-hydrogen) atoms. The Kier molecular flexibility index (Phi) is 5.14. The fourth-order valence-electron chi connectivity index (χ4n) is 4.03. The van der Waals surface area contributed by atoms with Crippen molar-refractivity contribution in [2.24, 2.45) is 0 Å². The molecule has 0 aliphatic heterocycles. The number of pyridine rings is 2. The molecule has 2 aromatic carbocycles. The zero-order chi connectivity index (χ0) is 22.9. The molecule has 0 aliphatic carbocycles. The van der Waals surface area contributed by atoms with Gasteiger partial charge < -0.3 is 5.32 Å². The summed E-state index contributed by atoms with van der Waals surface area (Å²) in [6, 6.07) is 15.8. The van der Waals surface area contributed by atoms with E-state index >= 15 is 0 Å². The van der Waals surface area contributed by atoms with Crippen LogP contribution in [0.15, 0.2) is 67.1 Å². The van der Waals surface area contributed by atoms with Crippen molar-refractivity contribution in [1.82, 2.24) is 20.2 Å². The molecule has 5 rings (SSSR count). The van der Waals surface area contributed by atoms with Crippen LogP contribution in [-0.4, -0.2) is 31.9 Å². The van der Waals surface area contributed by atoms with Gasteiger partial charge in [-0.3, -0.25) is 24.7 Å². The van der Waals surface area contributed by atoms with Crippen molar-refractivity contribution < 1.29 is 9.59 Å². The highest BCUT2D eigenvalue weighted by molar-refractivity contribution is 6.11. The molecule has 5 aromatic rings. The summed E-state index contributed by atoms with van der Waals surface area (Å²) in [5.41, 5.74) is 6.95. The first-order valence-electron chi connectivity index (χ1n) is 10.6. The van der Waals surface area contributed by atoms with Crippen LogP contribution in [0.3, 0.4) is 0 Å². The number of carbonyl (C=O) groups excluding carboxylic acids is 2. The van der Waals surface area contributed by atoms with E-state index in [9.17, 15) is 9.59 Å². The van der Waals surface area contributed by atoms with Gasteiger partial charge in [-0.05, 0) is 36.2 Å². The molecule has 3 aromatic heterocycles. The monoisotopic (exact) mass is 435 g/mol. The summed E-state index contributed by atoms with van der Waals surface area (Å²) in [7, 11) is 0. The van der Waals surface area contributed by atoms with Crippen molar-refractivity contribution in [2.45, 2.75) is 20.3 Å². The number of aromatic nitrogens is 4. The van der Waals surface area contributed by atoms with Gasteiger partial charge in [0.1, 0.15) is 11.5 Å². The number of hydrogen-bond donors (Lipinski definition) is 2. The smallest absolute Gasteiger partial charge is 0.221 e. The number of fused-ring (bicyclic) bond motifs is 3. The van der Waals surface area contributed by atoms with Crippen LogP contribution < -0.4 is 5.32 Å². The highest BCUT2D eigenvalue weighted by Gasteiger charge is 2.14. The van der Waals surface area contributed by atoms with Crippen LogP contribution >= 0.6 is 0 Å². The molecule has 0 atom stereocenters. The number of amides is 1. The minimum Gasteiger partial charge on any atom is -0.325 e. The zero-order valence-electron chi connectivity index (χ0n) is 18.2. The maximum Gasteiger partial charge on any atom is 0.221 e. The van der Waals surface area contributed by atoms with E-state index in [2.05, 4.69) is 31.5 Å². The number of rotatable bonds is 5. The normalized spacial score (nSPS) is 11.1. The molecule has 7 nitrogen and oxygen atoms in total. The van der Waals surface area contributed by atoms with Gasteiger partial charge in [-0.2, -0.15) is 5.10 Å². The largest absolute Gasteiger partial charge is 0.325 e. The minimum atomic E-state index is -0.143. The second-order valence-corrected chi connectivity index (χ2v) is 8.07. The number of benzene rings is 2. The molecule has 3 heterocycles. The Morgan fingerprint density at radius 2 is 1.70 bits per heavy atom. The van der Waals surface area contributed by atoms with Gasteiger partial charge in [-0.25, -0.2) is 0 Å². The van der Waals surface area contributed by atoms with Crippen LogP contribution in [0.25, 0.3) is 44.2 Å². The van der Waals surface area contributed by atoms with Gasteiger partial charge in [0.25, 0.3) is 0 Å². The van der Waals surface area contributed by atoms with Crippen LogP contribution in [-0.2, 0) is 16.0 Å². The van der Waals surface area contributed by atoms with Crippen molar-refractivity contribution in [2.75, 3.05) is 5.32 Å². The summed E-state index contributed by atoms with van der Waals surface area (Å²) in [4.78, 5) is 31.7. The summed E-state index contributed by atoms with van der Waals surface area (Å²) < 4.78 is 0. The number of Topliss-reactive ketones (excluding diaryl/α,β-unsaturated/α-hetero) is 1. The second-order valence-electron chi connectivity index (χ2n) is 8.07. The van der Waals surface area contributed by atoms with E-state index in [1.807, 2.05) is 42.5 Å². The topological polar surface area (TPSA) is 101 Å². The standard InChI is InChI=1S/C26H21N5O2/c1-15(32)9-17-3-5-18(6-4-17)26-25-22-11-19(7-8-23(22)28-14-24(25)30-31-26)20-10-21(13-27-12-20)29-16(2)33/h3-8,10-14H,9H2,1-2H3,(H,29,33)(H,30,31). The van der Waals surface area contributed by atoms with E-state index in [1.165, 1.54) is 6.92 Å². The van der Waals surface area contributed by atoms with E-state index in [0.717, 1.165) is 49.8 Å². The maximum absolute atomic E-state index is 11.4. The predicted molar refractivity (Wildman–Crippen MR) is 129 cm³/mol. The van der Waals surface area contributed by atoms with Crippen molar-refractivity contribution in [1.29, 1.82) is 0 Å². The molecule has 0 spiro atoms. The fourth-order valence-corrected chi connectivity index (χ4v) is 4.03.